The number of ether oxygens (including phenoxy) is 1. The number of carbonyl (C=O) groups excluding carboxylic acids is 1. The zero-order chi connectivity index (χ0) is 14.5. The summed E-state index contributed by atoms with van der Waals surface area (Å²) in [6.45, 7) is 6.15. The van der Waals surface area contributed by atoms with Crippen LogP contribution in [0.1, 0.15) is 20.8 Å². The van der Waals surface area contributed by atoms with E-state index in [9.17, 15) is 9.18 Å². The Morgan fingerprint density at radius 3 is 2.68 bits per heavy atom. The Morgan fingerprint density at radius 1 is 1.37 bits per heavy atom. The van der Waals surface area contributed by atoms with E-state index >= 15 is 0 Å². The number of alkyl carbamates (subject to hydrolysis) is 1. The third kappa shape index (κ3) is 5.46. The Kier molecular flexibility index (Phi) is 4.97. The van der Waals surface area contributed by atoms with Gasteiger partial charge in [0.1, 0.15) is 11.4 Å². The summed E-state index contributed by atoms with van der Waals surface area (Å²) in [6, 6.07) is 4.53. The van der Waals surface area contributed by atoms with Crippen LogP contribution in [0.15, 0.2) is 18.2 Å². The molecule has 0 aliphatic rings. The second kappa shape index (κ2) is 6.26. The quantitative estimate of drug-likeness (QED) is 0.579. The van der Waals surface area contributed by atoms with Gasteiger partial charge in [0.2, 0.25) is 0 Å². The molecule has 19 heavy (non-hydrogen) atoms. The third-order valence-corrected chi connectivity index (χ3v) is 2.16. The Morgan fingerprint density at radius 2 is 2.05 bits per heavy atom. The Bertz CT molecular complexity index is 444. The van der Waals surface area contributed by atoms with Gasteiger partial charge in [-0.3, -0.25) is 0 Å². The van der Waals surface area contributed by atoms with E-state index < -0.39 is 17.5 Å². The molecule has 4 N–H and O–H groups in total. The van der Waals surface area contributed by atoms with E-state index in [0.29, 0.717) is 18.8 Å². The normalized spacial score (nSPS) is 10.9. The lowest BCUT2D eigenvalue weighted by atomic mass is 10.2. The summed E-state index contributed by atoms with van der Waals surface area (Å²) in [6.07, 6.45) is -0.485. The van der Waals surface area contributed by atoms with Gasteiger partial charge in [-0.2, -0.15) is 0 Å². The Hall–Kier alpha value is -1.98. The zero-order valence-corrected chi connectivity index (χ0v) is 11.4. The number of nitrogen functional groups attached to an aromatic ring is 1. The smallest absolute Gasteiger partial charge is 0.407 e. The molecule has 0 atom stereocenters. The number of benzene rings is 1. The number of carbonyl (C=O) groups is 1. The largest absolute Gasteiger partial charge is 0.444 e. The van der Waals surface area contributed by atoms with Crippen molar-refractivity contribution in [3.05, 3.63) is 24.0 Å². The van der Waals surface area contributed by atoms with Crippen LogP contribution in [0.4, 0.5) is 20.6 Å². The molecule has 106 valence electrons. The summed E-state index contributed by atoms with van der Waals surface area (Å²) < 4.78 is 18.2. The molecule has 1 aromatic rings. The van der Waals surface area contributed by atoms with Gasteiger partial charge < -0.3 is 21.1 Å². The lowest BCUT2D eigenvalue weighted by Crippen LogP contribution is -2.35. The maximum atomic E-state index is 13.1. The second-order valence-corrected chi connectivity index (χ2v) is 5.06. The van der Waals surface area contributed by atoms with E-state index in [1.54, 1.807) is 32.9 Å². The molecule has 0 heterocycles. The Balaban J connectivity index is 2.32. The number of hydrogen-bond acceptors (Lipinski definition) is 4. The highest BCUT2D eigenvalue weighted by atomic mass is 19.1. The Labute approximate surface area is 112 Å². The lowest BCUT2D eigenvalue weighted by molar-refractivity contribution is 0.0530. The summed E-state index contributed by atoms with van der Waals surface area (Å²) in [7, 11) is 0. The van der Waals surface area contributed by atoms with Crippen molar-refractivity contribution >= 4 is 17.5 Å². The van der Waals surface area contributed by atoms with Crippen molar-refractivity contribution in [3.63, 3.8) is 0 Å². The van der Waals surface area contributed by atoms with Gasteiger partial charge in [0, 0.05) is 13.1 Å². The first-order valence-electron chi connectivity index (χ1n) is 6.04. The number of amides is 1. The molecule has 0 aromatic heterocycles. The van der Waals surface area contributed by atoms with E-state index in [4.69, 9.17) is 10.5 Å². The van der Waals surface area contributed by atoms with Gasteiger partial charge in [-0.05, 0) is 32.9 Å². The van der Waals surface area contributed by atoms with Crippen molar-refractivity contribution in [2.24, 2.45) is 0 Å². The van der Waals surface area contributed by atoms with Gasteiger partial charge in [0.25, 0.3) is 0 Å². The fourth-order valence-electron chi connectivity index (χ4n) is 1.37. The van der Waals surface area contributed by atoms with E-state index in [-0.39, 0.29) is 5.69 Å². The first kappa shape index (κ1) is 15.1. The van der Waals surface area contributed by atoms with Crippen LogP contribution in [0.2, 0.25) is 0 Å². The minimum Gasteiger partial charge on any atom is -0.444 e. The highest BCUT2D eigenvalue weighted by molar-refractivity contribution is 5.68. The first-order valence-corrected chi connectivity index (χ1v) is 6.04. The number of para-hydroxylation sites is 1. The van der Waals surface area contributed by atoms with E-state index in [2.05, 4.69) is 10.6 Å². The van der Waals surface area contributed by atoms with E-state index in [0.717, 1.165) is 0 Å². The molecular formula is C13H20FN3O2. The maximum absolute atomic E-state index is 13.1. The number of nitrogens with two attached hydrogens (primary N) is 1. The van der Waals surface area contributed by atoms with Gasteiger partial charge in [-0.25, -0.2) is 9.18 Å². The molecule has 0 bridgehead atoms. The predicted molar refractivity (Wildman–Crippen MR) is 73.5 cm³/mol. The molecule has 0 spiro atoms. The molecule has 5 nitrogen and oxygen atoms in total. The monoisotopic (exact) mass is 269 g/mol. The highest BCUT2D eigenvalue weighted by Gasteiger charge is 2.15. The molecule has 0 saturated carbocycles. The topological polar surface area (TPSA) is 76.4 Å². The molecule has 0 radical (unpaired) electrons. The summed E-state index contributed by atoms with van der Waals surface area (Å²) >= 11 is 0. The van der Waals surface area contributed by atoms with Crippen molar-refractivity contribution in [1.82, 2.24) is 5.32 Å². The number of halogens is 1. The fourth-order valence-corrected chi connectivity index (χ4v) is 1.37. The summed E-state index contributed by atoms with van der Waals surface area (Å²) in [5, 5.41) is 5.52. The molecular weight excluding hydrogens is 249 g/mol. The summed E-state index contributed by atoms with van der Waals surface area (Å²) in [5.74, 6) is -0.467. The predicted octanol–water partition coefficient (Wildman–Crippen LogP) is 2.34. The van der Waals surface area contributed by atoms with Crippen molar-refractivity contribution < 1.29 is 13.9 Å². The molecule has 1 amide bonds. The van der Waals surface area contributed by atoms with Crippen LogP contribution < -0.4 is 16.4 Å². The first-order chi connectivity index (χ1) is 8.79. The molecule has 0 saturated heterocycles. The van der Waals surface area contributed by atoms with Gasteiger partial charge >= 0.3 is 6.09 Å². The minimum absolute atomic E-state index is 0.0692. The number of rotatable bonds is 4. The molecule has 0 fully saturated rings. The molecule has 0 aliphatic heterocycles. The SMILES string of the molecule is CC(C)(C)OC(=O)NCCNc1cccc(F)c1N. The molecule has 0 aliphatic carbocycles. The zero-order valence-electron chi connectivity index (χ0n) is 11.4. The van der Waals surface area contributed by atoms with E-state index in [1.807, 2.05) is 0 Å². The number of anilines is 2. The van der Waals surface area contributed by atoms with Crippen molar-refractivity contribution in [1.29, 1.82) is 0 Å². The van der Waals surface area contributed by atoms with E-state index in [1.165, 1.54) is 6.07 Å². The minimum atomic E-state index is -0.523. The van der Waals surface area contributed by atoms with Gasteiger partial charge in [-0.1, -0.05) is 6.07 Å². The molecule has 6 heteroatoms. The summed E-state index contributed by atoms with van der Waals surface area (Å²) in [4.78, 5) is 11.3. The van der Waals surface area contributed by atoms with Gasteiger partial charge in [0.05, 0.1) is 11.4 Å². The average molecular weight is 269 g/mol. The average Bonchev–Trinajstić information content (AvgIpc) is 2.27. The van der Waals surface area contributed by atoms with Crippen LogP contribution in [0.5, 0.6) is 0 Å². The fraction of sp³-hybridized carbons (Fsp3) is 0.462. The van der Waals surface area contributed by atoms with Crippen molar-refractivity contribution in [2.75, 3.05) is 24.1 Å². The van der Waals surface area contributed by atoms with Crippen LogP contribution in [0.3, 0.4) is 0 Å². The second-order valence-electron chi connectivity index (χ2n) is 5.06. The van der Waals surface area contributed by atoms with Crippen molar-refractivity contribution in [3.8, 4) is 0 Å². The van der Waals surface area contributed by atoms with Gasteiger partial charge in [0.15, 0.2) is 0 Å². The lowest BCUT2D eigenvalue weighted by Gasteiger charge is -2.19. The standard InChI is InChI=1S/C13H20FN3O2/c1-13(2,3)19-12(18)17-8-7-16-10-6-4-5-9(14)11(10)15/h4-6,16H,7-8,15H2,1-3H3,(H,17,18). The van der Waals surface area contributed by atoms with Gasteiger partial charge in [-0.15, -0.1) is 0 Å². The van der Waals surface area contributed by atoms with Crippen LogP contribution in [0.25, 0.3) is 0 Å². The van der Waals surface area contributed by atoms with Crippen LogP contribution in [-0.4, -0.2) is 24.8 Å². The number of hydrogen-bond donors (Lipinski definition) is 3. The molecule has 1 aromatic carbocycles. The van der Waals surface area contributed by atoms with Crippen LogP contribution in [-0.2, 0) is 4.74 Å². The highest BCUT2D eigenvalue weighted by Crippen LogP contribution is 2.20. The van der Waals surface area contributed by atoms with Crippen molar-refractivity contribution in [2.45, 2.75) is 26.4 Å². The molecule has 0 unspecified atom stereocenters. The summed E-state index contributed by atoms with van der Waals surface area (Å²) in [5.41, 5.74) is 5.61. The molecule has 1 rings (SSSR count). The number of nitrogens with one attached hydrogen (secondary N) is 2. The van der Waals surface area contributed by atoms with Crippen LogP contribution in [0, 0.1) is 5.82 Å². The third-order valence-electron chi connectivity index (χ3n) is 2.16. The van der Waals surface area contributed by atoms with Crippen LogP contribution >= 0.6 is 0 Å². The maximum Gasteiger partial charge on any atom is 0.407 e.